The average Bonchev–Trinajstić information content (AvgIpc) is 3.38. The molecule has 0 aliphatic heterocycles. The number of nitrogens with zero attached hydrogens (tertiary/aromatic N) is 2. The summed E-state index contributed by atoms with van der Waals surface area (Å²) >= 11 is 0. The van der Waals surface area contributed by atoms with E-state index in [2.05, 4.69) is 16.4 Å². The smallest absolute Gasteiger partial charge is 0.271 e. The van der Waals surface area contributed by atoms with Crippen LogP contribution in [0.5, 0.6) is 5.88 Å². The third-order valence-corrected chi connectivity index (χ3v) is 4.00. The van der Waals surface area contributed by atoms with Crippen LogP contribution in [-0.2, 0) is 0 Å². The normalized spacial score (nSPS) is 17.7. The van der Waals surface area contributed by atoms with E-state index in [0.29, 0.717) is 30.0 Å². The average molecular weight is 299 g/mol. The van der Waals surface area contributed by atoms with Crippen LogP contribution in [0.1, 0.15) is 61.5 Å². The molecular weight excluding hydrogens is 278 g/mol. The summed E-state index contributed by atoms with van der Waals surface area (Å²) in [6.45, 7) is 4.00. The van der Waals surface area contributed by atoms with E-state index in [9.17, 15) is 4.79 Å². The first-order chi connectivity index (χ1) is 10.5. The van der Waals surface area contributed by atoms with Crippen molar-refractivity contribution in [1.82, 2.24) is 10.3 Å². The van der Waals surface area contributed by atoms with Gasteiger partial charge >= 0.3 is 0 Å². The Morgan fingerprint density at radius 3 is 2.73 bits per heavy atom. The minimum Gasteiger partial charge on any atom is -0.477 e. The van der Waals surface area contributed by atoms with Gasteiger partial charge in [-0.05, 0) is 57.4 Å². The summed E-state index contributed by atoms with van der Waals surface area (Å²) in [6.07, 6.45) is 4.76. The van der Waals surface area contributed by atoms with E-state index < -0.39 is 5.54 Å². The number of nitriles is 1. The lowest BCUT2D eigenvalue weighted by Gasteiger charge is -2.18. The molecule has 3 rings (SSSR count). The second kappa shape index (κ2) is 5.60. The number of aromatic nitrogens is 1. The lowest BCUT2D eigenvalue weighted by atomic mass is 10.1. The molecule has 22 heavy (non-hydrogen) atoms. The Morgan fingerprint density at radius 2 is 2.14 bits per heavy atom. The lowest BCUT2D eigenvalue weighted by molar-refractivity contribution is 0.0923. The number of nitrogens with one attached hydrogen (secondary N) is 1. The fourth-order valence-electron chi connectivity index (χ4n) is 2.26. The molecule has 1 aromatic rings. The van der Waals surface area contributed by atoms with Gasteiger partial charge in [-0.15, -0.1) is 0 Å². The molecule has 0 aromatic carbocycles. The van der Waals surface area contributed by atoms with Crippen LogP contribution in [0.4, 0.5) is 0 Å². The van der Waals surface area contributed by atoms with Crippen LogP contribution in [0, 0.1) is 17.2 Å². The first kappa shape index (κ1) is 14.8. The maximum Gasteiger partial charge on any atom is 0.271 e. The van der Waals surface area contributed by atoms with Crippen molar-refractivity contribution in [3.05, 3.63) is 23.4 Å². The summed E-state index contributed by atoms with van der Waals surface area (Å²) in [6, 6.07) is 5.72. The van der Waals surface area contributed by atoms with E-state index >= 15 is 0 Å². The van der Waals surface area contributed by atoms with Crippen molar-refractivity contribution in [2.75, 3.05) is 6.61 Å². The Kier molecular flexibility index (Phi) is 3.78. The van der Waals surface area contributed by atoms with E-state index in [1.165, 1.54) is 12.8 Å². The second-order valence-corrected chi connectivity index (χ2v) is 6.81. The summed E-state index contributed by atoms with van der Waals surface area (Å²) in [4.78, 5) is 16.6. The van der Waals surface area contributed by atoms with Crippen molar-refractivity contribution in [2.45, 2.75) is 51.0 Å². The monoisotopic (exact) mass is 299 g/mol. The van der Waals surface area contributed by atoms with Crippen molar-refractivity contribution < 1.29 is 9.53 Å². The predicted octanol–water partition coefficient (Wildman–Crippen LogP) is 2.78. The van der Waals surface area contributed by atoms with E-state index in [-0.39, 0.29) is 5.91 Å². The quantitative estimate of drug-likeness (QED) is 0.876. The number of amides is 1. The number of hydrogen-bond acceptors (Lipinski definition) is 4. The van der Waals surface area contributed by atoms with Crippen molar-refractivity contribution in [3.63, 3.8) is 0 Å². The Labute approximate surface area is 130 Å². The summed E-state index contributed by atoms with van der Waals surface area (Å²) in [5, 5.41) is 11.7. The molecule has 1 amide bonds. The Bertz CT molecular complexity index is 625. The van der Waals surface area contributed by atoms with E-state index in [4.69, 9.17) is 10.00 Å². The van der Waals surface area contributed by atoms with Gasteiger partial charge in [-0.3, -0.25) is 4.79 Å². The summed E-state index contributed by atoms with van der Waals surface area (Å²) in [5.41, 5.74) is 0.499. The third-order valence-electron chi connectivity index (χ3n) is 4.00. The molecule has 0 atom stereocenters. The van der Waals surface area contributed by atoms with Gasteiger partial charge in [-0.1, -0.05) is 6.07 Å². The van der Waals surface area contributed by atoms with Gasteiger partial charge in [-0.25, -0.2) is 4.98 Å². The van der Waals surface area contributed by atoms with Crippen molar-refractivity contribution in [1.29, 1.82) is 5.26 Å². The number of hydrogen-bond donors (Lipinski definition) is 1. The molecule has 116 valence electrons. The van der Waals surface area contributed by atoms with Crippen LogP contribution in [0.2, 0.25) is 0 Å². The van der Waals surface area contributed by atoms with E-state index in [1.807, 2.05) is 6.07 Å². The Morgan fingerprint density at radius 1 is 1.41 bits per heavy atom. The predicted molar refractivity (Wildman–Crippen MR) is 81.6 cm³/mol. The summed E-state index contributed by atoms with van der Waals surface area (Å²) < 4.78 is 5.85. The maximum absolute atomic E-state index is 12.2. The zero-order valence-corrected chi connectivity index (χ0v) is 13.1. The van der Waals surface area contributed by atoms with Crippen LogP contribution in [0.3, 0.4) is 0 Å². The molecule has 1 heterocycles. The van der Waals surface area contributed by atoms with Gasteiger partial charge in [0.05, 0.1) is 12.7 Å². The van der Waals surface area contributed by atoms with Gasteiger partial charge in [0.15, 0.2) is 0 Å². The zero-order chi connectivity index (χ0) is 15.7. The second-order valence-electron chi connectivity index (χ2n) is 6.81. The number of carbonyl (C=O) groups excluding carboxylic acids is 1. The molecule has 0 saturated heterocycles. The lowest BCUT2D eigenvalue weighted by Crippen LogP contribution is -2.42. The number of carbonyl (C=O) groups is 1. The molecular formula is C17H21N3O2. The molecule has 0 radical (unpaired) electrons. The number of ether oxygens (including phenoxy) is 1. The molecule has 5 nitrogen and oxygen atoms in total. The van der Waals surface area contributed by atoms with Gasteiger partial charge in [0.25, 0.3) is 5.91 Å². The third kappa shape index (κ3) is 3.56. The first-order valence-corrected chi connectivity index (χ1v) is 7.86. The highest BCUT2D eigenvalue weighted by molar-refractivity contribution is 5.93. The highest BCUT2D eigenvalue weighted by Gasteiger charge is 2.30. The standard InChI is InChI=1S/C17H21N3O2/c1-17(2,10-18)20-15(21)14-8-7-13(12-5-6-12)16(19-14)22-9-11-3-4-11/h7-8,11-12H,3-6,9H2,1-2H3,(H,20,21). The fourth-order valence-corrected chi connectivity index (χ4v) is 2.26. The van der Waals surface area contributed by atoms with Crippen LogP contribution in [-0.4, -0.2) is 23.0 Å². The molecule has 1 N–H and O–H groups in total. The maximum atomic E-state index is 12.2. The fraction of sp³-hybridized carbons (Fsp3) is 0.588. The summed E-state index contributed by atoms with van der Waals surface area (Å²) in [7, 11) is 0. The molecule has 2 aliphatic carbocycles. The SMILES string of the molecule is CC(C)(C#N)NC(=O)c1ccc(C2CC2)c(OCC2CC2)n1. The minimum atomic E-state index is -0.914. The highest BCUT2D eigenvalue weighted by Crippen LogP contribution is 2.44. The van der Waals surface area contributed by atoms with Gasteiger partial charge in [0.2, 0.25) is 5.88 Å². The van der Waals surface area contributed by atoms with Gasteiger partial charge < -0.3 is 10.1 Å². The van der Waals surface area contributed by atoms with Crippen LogP contribution >= 0.6 is 0 Å². The van der Waals surface area contributed by atoms with Crippen molar-refractivity contribution in [2.24, 2.45) is 5.92 Å². The molecule has 5 heteroatoms. The molecule has 0 unspecified atom stereocenters. The van der Waals surface area contributed by atoms with Crippen LogP contribution in [0.15, 0.2) is 12.1 Å². The minimum absolute atomic E-state index is 0.304. The Balaban J connectivity index is 1.77. The van der Waals surface area contributed by atoms with Gasteiger partial charge in [-0.2, -0.15) is 5.26 Å². The van der Waals surface area contributed by atoms with Crippen LogP contribution < -0.4 is 10.1 Å². The largest absolute Gasteiger partial charge is 0.477 e. The first-order valence-electron chi connectivity index (χ1n) is 7.86. The van der Waals surface area contributed by atoms with E-state index in [1.54, 1.807) is 19.9 Å². The van der Waals surface area contributed by atoms with Crippen molar-refractivity contribution in [3.8, 4) is 11.9 Å². The summed E-state index contributed by atoms with van der Waals surface area (Å²) in [5.74, 6) is 1.42. The zero-order valence-electron chi connectivity index (χ0n) is 13.1. The van der Waals surface area contributed by atoms with Crippen molar-refractivity contribution >= 4 is 5.91 Å². The molecule has 2 fully saturated rings. The topological polar surface area (TPSA) is 75.0 Å². The molecule has 1 aromatic heterocycles. The Hall–Kier alpha value is -2.09. The highest BCUT2D eigenvalue weighted by atomic mass is 16.5. The number of rotatable bonds is 6. The van der Waals surface area contributed by atoms with Crippen LogP contribution in [0.25, 0.3) is 0 Å². The molecule has 2 saturated carbocycles. The van der Waals surface area contributed by atoms with Gasteiger partial charge in [0.1, 0.15) is 11.2 Å². The van der Waals surface area contributed by atoms with E-state index in [0.717, 1.165) is 18.4 Å². The molecule has 0 spiro atoms. The number of pyridine rings is 1. The molecule has 0 bridgehead atoms. The molecule has 2 aliphatic rings. The van der Waals surface area contributed by atoms with Gasteiger partial charge in [0, 0.05) is 5.56 Å².